The molecule has 0 aliphatic rings. The number of rotatable bonds is 14. The van der Waals surface area contributed by atoms with E-state index in [9.17, 15) is 4.79 Å². The zero-order valence-corrected chi connectivity index (χ0v) is 20.4. The summed E-state index contributed by atoms with van der Waals surface area (Å²) in [5.74, 6) is 1.28. The van der Waals surface area contributed by atoms with E-state index in [0.717, 1.165) is 34.1 Å². The highest BCUT2D eigenvalue weighted by atomic mass is 16.5. The third kappa shape index (κ3) is 7.91. The Morgan fingerprint density at radius 2 is 1.68 bits per heavy atom. The summed E-state index contributed by atoms with van der Waals surface area (Å²) >= 11 is 0. The number of nitrogens with zero attached hydrogens (tertiary/aromatic N) is 1. The molecule has 5 heteroatoms. The van der Waals surface area contributed by atoms with Crippen molar-refractivity contribution in [2.45, 2.75) is 58.8 Å². The van der Waals surface area contributed by atoms with Crippen LogP contribution in [0.1, 0.15) is 63.5 Å². The summed E-state index contributed by atoms with van der Waals surface area (Å²) in [5.41, 5.74) is 4.45. The molecule has 3 aromatic rings. The highest BCUT2D eigenvalue weighted by molar-refractivity contribution is 5.90. The van der Waals surface area contributed by atoms with Gasteiger partial charge >= 0.3 is 0 Å². The molecule has 1 N–H and O–H groups in total. The Bertz CT molecular complexity index is 1070. The van der Waals surface area contributed by atoms with Crippen LogP contribution < -0.4 is 14.9 Å². The fourth-order valence-electron chi connectivity index (χ4n) is 3.89. The summed E-state index contributed by atoms with van der Waals surface area (Å²) in [4.78, 5) is 12.4. The number of ether oxygens (including phenoxy) is 2. The normalized spacial score (nSPS) is 11.1. The second-order valence-electron chi connectivity index (χ2n) is 8.36. The average Bonchev–Trinajstić information content (AvgIpc) is 2.85. The summed E-state index contributed by atoms with van der Waals surface area (Å²) in [6.07, 6.45) is 9.26. The summed E-state index contributed by atoms with van der Waals surface area (Å²) in [5, 5.41) is 6.35. The Hall–Kier alpha value is -3.34. The van der Waals surface area contributed by atoms with E-state index < -0.39 is 0 Å². The number of hydrogen-bond donors (Lipinski definition) is 1. The van der Waals surface area contributed by atoms with E-state index in [1.54, 1.807) is 6.21 Å². The van der Waals surface area contributed by atoms with Crippen LogP contribution in [-0.2, 0) is 11.2 Å². The first-order chi connectivity index (χ1) is 16.7. The van der Waals surface area contributed by atoms with Crippen LogP contribution in [0.2, 0.25) is 0 Å². The predicted octanol–water partition coefficient (Wildman–Crippen LogP) is 6.67. The molecule has 0 atom stereocenters. The van der Waals surface area contributed by atoms with Crippen LogP contribution in [0, 0.1) is 0 Å². The number of benzene rings is 3. The number of amides is 1. The topological polar surface area (TPSA) is 59.9 Å². The predicted molar refractivity (Wildman–Crippen MR) is 140 cm³/mol. The van der Waals surface area contributed by atoms with Crippen LogP contribution in [-0.4, -0.2) is 25.3 Å². The van der Waals surface area contributed by atoms with Gasteiger partial charge in [0.15, 0.2) is 11.5 Å². The van der Waals surface area contributed by atoms with Crippen LogP contribution in [0.25, 0.3) is 10.8 Å². The molecule has 1 amide bonds. The number of fused-ring (bicyclic) bond motifs is 1. The minimum absolute atomic E-state index is 0.156. The highest BCUT2D eigenvalue weighted by Gasteiger charge is 2.08. The Balaban J connectivity index is 1.52. The molecule has 0 saturated heterocycles. The number of carbonyl (C=O) groups is 1. The van der Waals surface area contributed by atoms with Crippen LogP contribution in [0.15, 0.2) is 65.8 Å². The Morgan fingerprint density at radius 1 is 0.882 bits per heavy atom. The maximum atomic E-state index is 12.4. The maximum Gasteiger partial charge on any atom is 0.244 e. The van der Waals surface area contributed by atoms with Crippen LogP contribution in [0.4, 0.5) is 0 Å². The number of carbonyl (C=O) groups excluding carboxylic acids is 1. The van der Waals surface area contributed by atoms with E-state index in [2.05, 4.69) is 17.5 Å². The minimum Gasteiger partial charge on any atom is -0.490 e. The van der Waals surface area contributed by atoms with Gasteiger partial charge in [0.1, 0.15) is 0 Å². The van der Waals surface area contributed by atoms with Gasteiger partial charge in [-0.25, -0.2) is 5.43 Å². The molecular formula is C29H36N2O3. The highest BCUT2D eigenvalue weighted by Crippen LogP contribution is 2.28. The molecule has 0 unspecified atom stereocenters. The van der Waals surface area contributed by atoms with Crippen molar-refractivity contribution in [1.29, 1.82) is 0 Å². The molecule has 0 heterocycles. The zero-order valence-electron chi connectivity index (χ0n) is 20.4. The minimum atomic E-state index is -0.156. The third-order valence-corrected chi connectivity index (χ3v) is 5.66. The molecular weight excluding hydrogens is 424 g/mol. The third-order valence-electron chi connectivity index (χ3n) is 5.66. The first-order valence-electron chi connectivity index (χ1n) is 12.4. The van der Waals surface area contributed by atoms with Crippen molar-refractivity contribution in [3.8, 4) is 11.5 Å². The Morgan fingerprint density at radius 3 is 2.53 bits per heavy atom. The molecule has 0 spiro atoms. The van der Waals surface area contributed by atoms with E-state index in [1.807, 2.05) is 67.6 Å². The quantitative estimate of drug-likeness (QED) is 0.166. The van der Waals surface area contributed by atoms with Gasteiger partial charge < -0.3 is 9.47 Å². The first kappa shape index (κ1) is 25.3. The lowest BCUT2D eigenvalue weighted by Gasteiger charge is -2.12. The lowest BCUT2D eigenvalue weighted by atomic mass is 10.0. The molecule has 0 aliphatic carbocycles. The van der Waals surface area contributed by atoms with Crippen molar-refractivity contribution in [1.82, 2.24) is 5.43 Å². The van der Waals surface area contributed by atoms with Gasteiger partial charge in [0.05, 0.1) is 25.8 Å². The molecule has 5 nitrogen and oxygen atoms in total. The largest absolute Gasteiger partial charge is 0.490 e. The monoisotopic (exact) mass is 460 g/mol. The summed E-state index contributed by atoms with van der Waals surface area (Å²) in [6, 6.07) is 19.8. The lowest BCUT2D eigenvalue weighted by Crippen LogP contribution is -2.19. The van der Waals surface area contributed by atoms with Crippen LogP contribution >= 0.6 is 0 Å². The Kier molecular flexibility index (Phi) is 10.4. The van der Waals surface area contributed by atoms with Gasteiger partial charge in [-0.2, -0.15) is 5.10 Å². The first-order valence-corrected chi connectivity index (χ1v) is 12.4. The molecule has 180 valence electrons. The van der Waals surface area contributed by atoms with Crippen molar-refractivity contribution in [3.05, 3.63) is 71.8 Å². The van der Waals surface area contributed by atoms with Gasteiger partial charge in [0.2, 0.25) is 5.91 Å². The SMILES string of the molecule is CCCCCCCCOc1ccc(/C=N/NC(=O)Cc2cccc3ccccc23)cc1OCC. The van der Waals surface area contributed by atoms with Gasteiger partial charge in [-0.15, -0.1) is 0 Å². The average molecular weight is 461 g/mol. The van der Waals surface area contributed by atoms with Crippen molar-refractivity contribution in [2.75, 3.05) is 13.2 Å². The molecule has 0 aromatic heterocycles. The molecule has 0 fully saturated rings. The van der Waals surface area contributed by atoms with Crippen LogP contribution in [0.3, 0.4) is 0 Å². The van der Waals surface area contributed by atoms with E-state index in [4.69, 9.17) is 9.47 Å². The number of unbranched alkanes of at least 4 members (excludes halogenated alkanes) is 5. The smallest absolute Gasteiger partial charge is 0.244 e. The summed E-state index contributed by atoms with van der Waals surface area (Å²) in [7, 11) is 0. The van der Waals surface area contributed by atoms with Crippen molar-refractivity contribution in [3.63, 3.8) is 0 Å². The molecule has 34 heavy (non-hydrogen) atoms. The van der Waals surface area contributed by atoms with Gasteiger partial charge in [0.25, 0.3) is 0 Å². The van der Waals surface area contributed by atoms with Crippen molar-refractivity contribution < 1.29 is 14.3 Å². The number of hydrogen-bond acceptors (Lipinski definition) is 4. The number of hydrazone groups is 1. The van der Waals surface area contributed by atoms with Gasteiger partial charge in [-0.1, -0.05) is 81.5 Å². The molecule has 0 radical (unpaired) electrons. The van der Waals surface area contributed by atoms with E-state index >= 15 is 0 Å². The van der Waals surface area contributed by atoms with Gasteiger partial charge in [-0.05, 0) is 53.4 Å². The summed E-state index contributed by atoms with van der Waals surface area (Å²) < 4.78 is 11.7. The van der Waals surface area contributed by atoms with E-state index in [-0.39, 0.29) is 12.3 Å². The zero-order chi connectivity index (χ0) is 24.0. The lowest BCUT2D eigenvalue weighted by molar-refractivity contribution is -0.120. The fourth-order valence-corrected chi connectivity index (χ4v) is 3.89. The molecule has 0 bridgehead atoms. The standard InChI is InChI=1S/C29H36N2O3/c1-3-5-6-7-8-11-19-34-27-18-17-23(20-28(27)33-4-2)22-30-31-29(32)21-25-15-12-14-24-13-9-10-16-26(24)25/h9-10,12-18,20,22H,3-8,11,19,21H2,1-2H3,(H,31,32)/b30-22+. The second-order valence-corrected chi connectivity index (χ2v) is 8.36. The molecule has 3 rings (SSSR count). The van der Waals surface area contributed by atoms with E-state index in [0.29, 0.717) is 19.0 Å². The van der Waals surface area contributed by atoms with Crippen molar-refractivity contribution in [2.24, 2.45) is 5.10 Å². The van der Waals surface area contributed by atoms with Crippen LogP contribution in [0.5, 0.6) is 11.5 Å². The van der Waals surface area contributed by atoms with E-state index in [1.165, 1.54) is 32.1 Å². The molecule has 0 aliphatic heterocycles. The second kappa shape index (κ2) is 14.0. The van der Waals surface area contributed by atoms with Crippen molar-refractivity contribution >= 4 is 22.9 Å². The van der Waals surface area contributed by atoms with Gasteiger partial charge in [-0.3, -0.25) is 4.79 Å². The van der Waals surface area contributed by atoms with Gasteiger partial charge in [0, 0.05) is 0 Å². The Labute approximate surface area is 203 Å². The fraction of sp³-hybridized carbons (Fsp3) is 0.379. The molecule has 0 saturated carbocycles. The summed E-state index contributed by atoms with van der Waals surface area (Å²) in [6.45, 7) is 5.42. The molecule has 3 aromatic carbocycles. The maximum absolute atomic E-state index is 12.4. The number of nitrogens with one attached hydrogen (secondary N) is 1.